The van der Waals surface area contributed by atoms with Gasteiger partial charge in [-0.15, -0.1) is 0 Å². The van der Waals surface area contributed by atoms with Gasteiger partial charge in [-0.05, 0) is 58.1 Å². The molecule has 0 aliphatic rings. The van der Waals surface area contributed by atoms with Gasteiger partial charge in [0.1, 0.15) is 5.75 Å². The van der Waals surface area contributed by atoms with Crippen molar-refractivity contribution in [2.45, 2.75) is 26.2 Å². The maximum absolute atomic E-state index is 12.1. The quantitative estimate of drug-likeness (QED) is 0.729. The first kappa shape index (κ1) is 19.0. The summed E-state index contributed by atoms with van der Waals surface area (Å²) in [6, 6.07) is 12.4. The van der Waals surface area contributed by atoms with Crippen molar-refractivity contribution in [2.24, 2.45) is 5.73 Å². The molecule has 25 heavy (non-hydrogen) atoms. The Morgan fingerprint density at radius 3 is 2.60 bits per heavy atom. The van der Waals surface area contributed by atoms with Gasteiger partial charge in [0.15, 0.2) is 6.61 Å². The first-order valence-electron chi connectivity index (χ1n) is 8.03. The zero-order valence-corrected chi connectivity index (χ0v) is 15.8. The summed E-state index contributed by atoms with van der Waals surface area (Å²) < 4.78 is 6.37. The van der Waals surface area contributed by atoms with E-state index in [4.69, 9.17) is 10.5 Å². The number of nitrogens with two attached hydrogens (primary N) is 1. The number of amides is 2. The first-order chi connectivity index (χ1) is 11.9. The number of carbonyl (C=O) groups is 2. The molecule has 2 aromatic rings. The summed E-state index contributed by atoms with van der Waals surface area (Å²) in [7, 11) is 0. The molecule has 0 aromatic heterocycles. The Kier molecular flexibility index (Phi) is 6.58. The number of rotatable bonds is 7. The molecule has 0 spiro atoms. The summed E-state index contributed by atoms with van der Waals surface area (Å²) in [5, 5.41) is 2.64. The van der Waals surface area contributed by atoms with Gasteiger partial charge in [0.05, 0.1) is 15.7 Å². The molecule has 0 radical (unpaired) electrons. The van der Waals surface area contributed by atoms with Crippen LogP contribution in [-0.4, -0.2) is 18.4 Å². The average molecular weight is 405 g/mol. The second-order valence-corrected chi connectivity index (χ2v) is 6.60. The number of hydrogen-bond acceptors (Lipinski definition) is 3. The highest BCUT2D eigenvalue weighted by molar-refractivity contribution is 9.10. The van der Waals surface area contributed by atoms with Crippen LogP contribution in [0.1, 0.15) is 42.1 Å². The lowest BCUT2D eigenvalue weighted by molar-refractivity contribution is -0.118. The third kappa shape index (κ3) is 5.06. The van der Waals surface area contributed by atoms with E-state index in [-0.39, 0.29) is 18.1 Å². The van der Waals surface area contributed by atoms with Gasteiger partial charge in [-0.2, -0.15) is 0 Å². The normalized spacial score (nSPS) is 11.6. The minimum atomic E-state index is -0.597. The molecule has 0 bridgehead atoms. The predicted octanol–water partition coefficient (Wildman–Crippen LogP) is 4.08. The van der Waals surface area contributed by atoms with Gasteiger partial charge >= 0.3 is 0 Å². The number of ether oxygens (including phenoxy) is 1. The standard InChI is InChI=1S/C19H21BrN2O3/c1-3-12(2)13-8-9-17(15(20)10-13)25-11-18(23)22-16-7-5-4-6-14(16)19(21)24/h4-10,12H,3,11H2,1-2H3,(H2,21,24)(H,22,23). The molecule has 3 N–H and O–H groups in total. The van der Waals surface area contributed by atoms with Crippen molar-refractivity contribution in [3.05, 3.63) is 58.1 Å². The van der Waals surface area contributed by atoms with Crippen LogP contribution in [0.5, 0.6) is 5.75 Å². The Labute approximate surface area is 155 Å². The maximum Gasteiger partial charge on any atom is 0.262 e. The van der Waals surface area contributed by atoms with Gasteiger partial charge in [0.2, 0.25) is 0 Å². The molecule has 0 saturated carbocycles. The van der Waals surface area contributed by atoms with E-state index in [9.17, 15) is 9.59 Å². The van der Waals surface area contributed by atoms with E-state index in [1.165, 1.54) is 5.56 Å². The van der Waals surface area contributed by atoms with Crippen LogP contribution in [0.4, 0.5) is 5.69 Å². The fraction of sp³-hybridized carbons (Fsp3) is 0.263. The van der Waals surface area contributed by atoms with Crippen LogP contribution < -0.4 is 15.8 Å². The molecule has 0 aliphatic heterocycles. The Morgan fingerprint density at radius 1 is 1.24 bits per heavy atom. The summed E-state index contributed by atoms with van der Waals surface area (Å²) in [4.78, 5) is 23.5. The molecular formula is C19H21BrN2O3. The van der Waals surface area contributed by atoms with E-state index in [1.54, 1.807) is 24.3 Å². The van der Waals surface area contributed by atoms with Gasteiger partial charge < -0.3 is 15.8 Å². The highest BCUT2D eigenvalue weighted by atomic mass is 79.9. The number of halogens is 1. The smallest absolute Gasteiger partial charge is 0.262 e. The van der Waals surface area contributed by atoms with Crippen molar-refractivity contribution < 1.29 is 14.3 Å². The molecule has 2 rings (SSSR count). The Morgan fingerprint density at radius 2 is 1.96 bits per heavy atom. The zero-order valence-electron chi connectivity index (χ0n) is 14.2. The number of carbonyl (C=O) groups excluding carboxylic acids is 2. The van der Waals surface area contributed by atoms with Gasteiger partial charge in [-0.3, -0.25) is 9.59 Å². The molecule has 1 unspecified atom stereocenters. The summed E-state index contributed by atoms with van der Waals surface area (Å²) in [5.41, 5.74) is 7.14. The van der Waals surface area contributed by atoms with Gasteiger partial charge in [0, 0.05) is 0 Å². The molecule has 0 saturated heterocycles. The lowest BCUT2D eigenvalue weighted by atomic mass is 9.99. The van der Waals surface area contributed by atoms with E-state index in [1.807, 2.05) is 18.2 Å². The summed E-state index contributed by atoms with van der Waals surface area (Å²) >= 11 is 3.47. The van der Waals surface area contributed by atoms with E-state index in [2.05, 4.69) is 35.1 Å². The Balaban J connectivity index is 2.00. The van der Waals surface area contributed by atoms with E-state index < -0.39 is 5.91 Å². The first-order valence-corrected chi connectivity index (χ1v) is 8.82. The van der Waals surface area contributed by atoms with Crippen molar-refractivity contribution in [1.82, 2.24) is 0 Å². The van der Waals surface area contributed by atoms with Crippen LogP contribution in [-0.2, 0) is 4.79 Å². The van der Waals surface area contributed by atoms with Gasteiger partial charge in [-0.25, -0.2) is 0 Å². The minimum Gasteiger partial charge on any atom is -0.483 e. The number of nitrogens with one attached hydrogen (secondary N) is 1. The summed E-state index contributed by atoms with van der Waals surface area (Å²) in [5.74, 6) is 0.0798. The second-order valence-electron chi connectivity index (χ2n) is 5.75. The second kappa shape index (κ2) is 8.67. The lowest BCUT2D eigenvalue weighted by Crippen LogP contribution is -2.23. The SMILES string of the molecule is CCC(C)c1ccc(OCC(=O)Nc2ccccc2C(N)=O)c(Br)c1. The zero-order chi connectivity index (χ0) is 18.4. The maximum atomic E-state index is 12.1. The highest BCUT2D eigenvalue weighted by Gasteiger charge is 2.12. The molecule has 6 heteroatoms. The molecule has 1 atom stereocenters. The number of anilines is 1. The molecule has 2 aromatic carbocycles. The molecule has 2 amide bonds. The molecule has 132 valence electrons. The largest absolute Gasteiger partial charge is 0.483 e. The van der Waals surface area contributed by atoms with Crippen LogP contribution in [0.25, 0.3) is 0 Å². The van der Waals surface area contributed by atoms with E-state index >= 15 is 0 Å². The third-order valence-corrected chi connectivity index (χ3v) is 4.58. The fourth-order valence-corrected chi connectivity index (χ4v) is 2.82. The number of para-hydroxylation sites is 1. The van der Waals surface area contributed by atoms with Crippen LogP contribution in [0, 0.1) is 0 Å². The average Bonchev–Trinajstić information content (AvgIpc) is 2.60. The third-order valence-electron chi connectivity index (χ3n) is 3.96. The van der Waals surface area contributed by atoms with E-state index in [0.29, 0.717) is 17.4 Å². The van der Waals surface area contributed by atoms with Crippen LogP contribution in [0.2, 0.25) is 0 Å². The molecule has 5 nitrogen and oxygen atoms in total. The van der Waals surface area contributed by atoms with Crippen LogP contribution in [0.3, 0.4) is 0 Å². The molecule has 0 heterocycles. The number of primary amides is 1. The molecule has 0 aliphatic carbocycles. The van der Waals surface area contributed by atoms with E-state index in [0.717, 1.165) is 10.9 Å². The topological polar surface area (TPSA) is 81.4 Å². The van der Waals surface area contributed by atoms with Crippen LogP contribution in [0.15, 0.2) is 46.9 Å². The predicted molar refractivity (Wildman–Crippen MR) is 102 cm³/mol. The van der Waals surface area contributed by atoms with Crippen molar-refractivity contribution in [2.75, 3.05) is 11.9 Å². The summed E-state index contributed by atoms with van der Waals surface area (Å²) in [6.45, 7) is 4.12. The Bertz CT molecular complexity index is 777. The lowest BCUT2D eigenvalue weighted by Gasteiger charge is -2.13. The highest BCUT2D eigenvalue weighted by Crippen LogP contribution is 2.30. The number of hydrogen-bond donors (Lipinski definition) is 2. The fourth-order valence-electron chi connectivity index (χ4n) is 2.31. The molecular weight excluding hydrogens is 384 g/mol. The van der Waals surface area contributed by atoms with Crippen molar-refractivity contribution in [3.63, 3.8) is 0 Å². The van der Waals surface area contributed by atoms with Crippen molar-refractivity contribution in [3.8, 4) is 5.75 Å². The van der Waals surface area contributed by atoms with Gasteiger partial charge in [0.25, 0.3) is 11.8 Å². The minimum absolute atomic E-state index is 0.172. The molecule has 0 fully saturated rings. The Hall–Kier alpha value is -2.34. The summed E-state index contributed by atoms with van der Waals surface area (Å²) in [6.07, 6.45) is 1.05. The monoisotopic (exact) mass is 404 g/mol. The number of benzene rings is 2. The van der Waals surface area contributed by atoms with Crippen LogP contribution >= 0.6 is 15.9 Å². The van der Waals surface area contributed by atoms with Crippen molar-refractivity contribution in [1.29, 1.82) is 0 Å². The van der Waals surface area contributed by atoms with Gasteiger partial charge in [-0.1, -0.05) is 32.0 Å². The van der Waals surface area contributed by atoms with Crippen molar-refractivity contribution >= 4 is 33.4 Å².